The zero-order chi connectivity index (χ0) is 16.7. The lowest BCUT2D eigenvalue weighted by atomic mass is 10.0. The maximum Gasteiger partial charge on any atom is 0.250 e. The molecule has 4 aromatic rings. The van der Waals surface area contributed by atoms with Crippen molar-refractivity contribution in [3.63, 3.8) is 0 Å². The van der Waals surface area contributed by atoms with Crippen molar-refractivity contribution in [3.05, 3.63) is 89.4 Å². The summed E-state index contributed by atoms with van der Waals surface area (Å²) in [6.07, 6.45) is 1.93. The van der Waals surface area contributed by atoms with Crippen molar-refractivity contribution in [3.8, 4) is 11.3 Å². The van der Waals surface area contributed by atoms with E-state index in [0.29, 0.717) is 11.3 Å². The van der Waals surface area contributed by atoms with E-state index >= 15 is 0 Å². The predicted octanol–water partition coefficient (Wildman–Crippen LogP) is 3.37. The molecule has 0 aliphatic carbocycles. The number of aromatic nitrogens is 3. The SMILES string of the molecule is Cc1ccc(-c2[nH]n3ccc(C)[n+]3c2C(=O)c2ccccc2)cc1. The molecular weight excluding hydrogens is 298 g/mol. The van der Waals surface area contributed by atoms with Gasteiger partial charge in [-0.2, -0.15) is 5.10 Å². The zero-order valence-corrected chi connectivity index (χ0v) is 13.7. The molecule has 0 spiro atoms. The summed E-state index contributed by atoms with van der Waals surface area (Å²) in [5.41, 5.74) is 5.34. The summed E-state index contributed by atoms with van der Waals surface area (Å²) in [7, 11) is 0. The van der Waals surface area contributed by atoms with Gasteiger partial charge in [0, 0.05) is 24.1 Å². The first-order valence-corrected chi connectivity index (χ1v) is 7.94. The molecule has 4 heteroatoms. The first-order valence-electron chi connectivity index (χ1n) is 7.94. The molecule has 0 saturated carbocycles. The molecular formula is C20H18N3O+. The third kappa shape index (κ3) is 2.24. The maximum atomic E-state index is 13.2. The lowest BCUT2D eigenvalue weighted by Crippen LogP contribution is -2.34. The largest absolute Gasteiger partial charge is 0.284 e. The second-order valence-corrected chi connectivity index (χ2v) is 6.01. The summed E-state index contributed by atoms with van der Waals surface area (Å²) < 4.78 is 3.77. The lowest BCUT2D eigenvalue weighted by Gasteiger charge is -2.00. The minimum absolute atomic E-state index is 0.00391. The highest BCUT2D eigenvalue weighted by Crippen LogP contribution is 2.22. The first kappa shape index (κ1) is 14.5. The minimum atomic E-state index is 0.00391. The number of H-pyrrole nitrogens is 1. The highest BCUT2D eigenvalue weighted by molar-refractivity contribution is 6.09. The van der Waals surface area contributed by atoms with Crippen LogP contribution in [0.1, 0.15) is 27.3 Å². The van der Waals surface area contributed by atoms with E-state index < -0.39 is 0 Å². The molecule has 2 aromatic heterocycles. The second kappa shape index (κ2) is 5.49. The summed E-state index contributed by atoms with van der Waals surface area (Å²) in [6.45, 7) is 4.05. The molecule has 0 saturated heterocycles. The Morgan fingerprint density at radius 2 is 1.67 bits per heavy atom. The molecule has 118 valence electrons. The number of hydrogen-bond donors (Lipinski definition) is 1. The van der Waals surface area contributed by atoms with Crippen LogP contribution in [0.3, 0.4) is 0 Å². The molecule has 2 aromatic carbocycles. The Balaban J connectivity index is 1.98. The summed E-state index contributed by atoms with van der Waals surface area (Å²) in [5.74, 6) is 0.00391. The molecule has 0 bridgehead atoms. The van der Waals surface area contributed by atoms with Crippen LogP contribution >= 0.6 is 0 Å². The Hall–Kier alpha value is -3.14. The molecule has 2 heterocycles. The lowest BCUT2D eigenvalue weighted by molar-refractivity contribution is -0.625. The molecule has 0 aliphatic heterocycles. The van der Waals surface area contributed by atoms with E-state index in [4.69, 9.17) is 0 Å². The van der Waals surface area contributed by atoms with Gasteiger partial charge in [-0.25, -0.2) is 0 Å². The van der Waals surface area contributed by atoms with Crippen LogP contribution in [0, 0.1) is 13.8 Å². The molecule has 0 radical (unpaired) electrons. The molecule has 0 atom stereocenters. The molecule has 4 nitrogen and oxygen atoms in total. The summed E-state index contributed by atoms with van der Waals surface area (Å²) in [5, 5.41) is 3.33. The first-order chi connectivity index (χ1) is 11.6. The number of benzene rings is 2. The monoisotopic (exact) mass is 316 g/mol. The Bertz CT molecular complexity index is 1020. The number of aryl methyl sites for hydroxylation is 2. The van der Waals surface area contributed by atoms with Crippen LogP contribution < -0.4 is 4.52 Å². The molecule has 0 aliphatic rings. The molecule has 24 heavy (non-hydrogen) atoms. The van der Waals surface area contributed by atoms with Crippen molar-refractivity contribution in [2.45, 2.75) is 13.8 Å². The summed E-state index contributed by atoms with van der Waals surface area (Å²) in [6, 6.07) is 19.6. The van der Waals surface area contributed by atoms with Crippen LogP contribution in [0.25, 0.3) is 11.3 Å². The zero-order valence-electron chi connectivity index (χ0n) is 13.7. The van der Waals surface area contributed by atoms with E-state index in [1.807, 2.05) is 70.8 Å². The summed E-state index contributed by atoms with van der Waals surface area (Å²) >= 11 is 0. The van der Waals surface area contributed by atoms with Gasteiger partial charge in [0.1, 0.15) is 5.69 Å². The third-order valence-electron chi connectivity index (χ3n) is 4.27. The van der Waals surface area contributed by atoms with Crippen molar-refractivity contribution >= 4 is 5.78 Å². The van der Waals surface area contributed by atoms with Gasteiger partial charge in [-0.3, -0.25) is 4.79 Å². The van der Waals surface area contributed by atoms with Crippen LogP contribution in [0.15, 0.2) is 66.9 Å². The number of fused-ring (bicyclic) bond motifs is 1. The van der Waals surface area contributed by atoms with Crippen LogP contribution in [-0.2, 0) is 0 Å². The number of carbonyl (C=O) groups is 1. The number of ketones is 1. The van der Waals surface area contributed by atoms with Crippen LogP contribution in [0.4, 0.5) is 0 Å². The van der Waals surface area contributed by atoms with Gasteiger partial charge in [0.15, 0.2) is 0 Å². The molecule has 0 unspecified atom stereocenters. The Kier molecular flexibility index (Phi) is 3.31. The van der Waals surface area contributed by atoms with Crippen molar-refractivity contribution in [2.75, 3.05) is 0 Å². The maximum absolute atomic E-state index is 13.2. The van der Waals surface area contributed by atoms with Gasteiger partial charge in [-0.15, -0.1) is 4.52 Å². The fourth-order valence-electron chi connectivity index (χ4n) is 2.99. The van der Waals surface area contributed by atoms with E-state index in [9.17, 15) is 4.79 Å². The molecule has 4 rings (SSSR count). The molecule has 0 fully saturated rings. The average molecular weight is 316 g/mol. The van der Waals surface area contributed by atoms with Gasteiger partial charge in [0.25, 0.3) is 0 Å². The Morgan fingerprint density at radius 3 is 2.38 bits per heavy atom. The molecule has 1 N–H and O–H groups in total. The van der Waals surface area contributed by atoms with Crippen LogP contribution in [-0.4, -0.2) is 15.5 Å². The summed E-state index contributed by atoms with van der Waals surface area (Å²) in [4.78, 5) is 13.2. The van der Waals surface area contributed by atoms with Crippen molar-refractivity contribution < 1.29 is 9.31 Å². The van der Waals surface area contributed by atoms with E-state index in [2.05, 4.69) is 24.2 Å². The Labute approximate surface area is 140 Å². The highest BCUT2D eigenvalue weighted by Gasteiger charge is 2.29. The van der Waals surface area contributed by atoms with E-state index in [1.54, 1.807) is 0 Å². The number of nitrogens with zero attached hydrogens (tertiary/aromatic N) is 2. The smallest absolute Gasteiger partial charge is 0.250 e. The highest BCUT2D eigenvalue weighted by atomic mass is 16.1. The van der Waals surface area contributed by atoms with Crippen molar-refractivity contribution in [2.24, 2.45) is 0 Å². The van der Waals surface area contributed by atoms with Gasteiger partial charge in [-0.1, -0.05) is 64.8 Å². The number of rotatable bonds is 3. The standard InChI is InChI=1S/C20H17N3O/c1-14-8-10-16(11-9-14)18-19(20(24)17-6-4-3-5-7-17)23-15(2)12-13-22(23)21-18/h3-13H,1-2H3/p+1. The topological polar surface area (TPSA) is 41.4 Å². The van der Waals surface area contributed by atoms with E-state index in [0.717, 1.165) is 17.0 Å². The van der Waals surface area contributed by atoms with Gasteiger partial charge in [-0.05, 0) is 6.92 Å². The third-order valence-corrected chi connectivity index (χ3v) is 4.27. The van der Waals surface area contributed by atoms with Crippen molar-refractivity contribution in [1.29, 1.82) is 0 Å². The predicted molar refractivity (Wildman–Crippen MR) is 92.2 cm³/mol. The quantitative estimate of drug-likeness (QED) is 0.457. The van der Waals surface area contributed by atoms with Gasteiger partial charge < -0.3 is 0 Å². The number of carbonyl (C=O) groups excluding carboxylic acids is 1. The normalized spacial score (nSPS) is 11.1. The second-order valence-electron chi connectivity index (χ2n) is 6.01. The van der Waals surface area contributed by atoms with Gasteiger partial charge >= 0.3 is 0 Å². The van der Waals surface area contributed by atoms with Gasteiger partial charge in [0.2, 0.25) is 17.2 Å². The van der Waals surface area contributed by atoms with Gasteiger partial charge in [0.05, 0.1) is 6.20 Å². The number of hydrogen-bond acceptors (Lipinski definition) is 1. The van der Waals surface area contributed by atoms with Crippen molar-refractivity contribution in [1.82, 2.24) is 9.73 Å². The minimum Gasteiger partial charge on any atom is -0.284 e. The van der Waals surface area contributed by atoms with E-state index in [1.165, 1.54) is 5.56 Å². The molecule has 0 amide bonds. The number of aromatic amines is 1. The fraction of sp³-hybridized carbons (Fsp3) is 0.100. The van der Waals surface area contributed by atoms with Crippen LogP contribution in [0.5, 0.6) is 0 Å². The number of nitrogens with one attached hydrogen (secondary N) is 1. The van der Waals surface area contributed by atoms with E-state index in [-0.39, 0.29) is 5.78 Å². The Morgan fingerprint density at radius 1 is 0.958 bits per heavy atom. The van der Waals surface area contributed by atoms with Crippen LogP contribution in [0.2, 0.25) is 0 Å². The average Bonchev–Trinajstić information content (AvgIpc) is 3.16. The fourth-order valence-corrected chi connectivity index (χ4v) is 2.99.